The van der Waals surface area contributed by atoms with E-state index in [0.717, 1.165) is 5.06 Å². The first-order valence-electron chi connectivity index (χ1n) is 2.68. The molecular weight excluding hydrogens is 138 g/mol. The number of likely N-dealkylation sites (N-methyl/N-ethyl adjacent to an activating group) is 1. The van der Waals surface area contributed by atoms with Crippen LogP contribution in [0.1, 0.15) is 0 Å². The Labute approximate surface area is 59.3 Å². The van der Waals surface area contributed by atoms with Crippen LogP contribution in [-0.2, 0) is 19.4 Å². The molecule has 5 heteroatoms. The van der Waals surface area contributed by atoms with Crippen LogP contribution < -0.4 is 0 Å². The molecule has 0 aliphatic heterocycles. The zero-order chi connectivity index (χ0) is 7.98. The summed E-state index contributed by atoms with van der Waals surface area (Å²) in [4.78, 5) is 23.8. The largest absolute Gasteiger partial charge is 0.275 e. The monoisotopic (exact) mass is 149 g/mol. The van der Waals surface area contributed by atoms with Gasteiger partial charge in [-0.15, -0.1) is 0 Å². The molecule has 0 aromatic rings. The van der Waals surface area contributed by atoms with Crippen molar-refractivity contribution in [1.82, 2.24) is 5.06 Å². The highest BCUT2D eigenvalue weighted by Gasteiger charge is 2.06. The SMILES string of the molecule is COOCC(=O)N(C)OC. The normalized spacial score (nSPS) is 9.50. The van der Waals surface area contributed by atoms with Crippen LogP contribution >= 0.6 is 0 Å². The van der Waals surface area contributed by atoms with E-state index < -0.39 is 0 Å². The maximum Gasteiger partial charge on any atom is 0.275 e. The molecule has 0 saturated heterocycles. The van der Waals surface area contributed by atoms with Gasteiger partial charge in [-0.1, -0.05) is 0 Å². The molecule has 0 radical (unpaired) electrons. The van der Waals surface area contributed by atoms with Gasteiger partial charge in [-0.2, -0.15) is 0 Å². The van der Waals surface area contributed by atoms with Gasteiger partial charge in [0.25, 0.3) is 5.91 Å². The van der Waals surface area contributed by atoms with Gasteiger partial charge in [-0.3, -0.25) is 9.63 Å². The van der Waals surface area contributed by atoms with Gasteiger partial charge in [0.15, 0.2) is 6.61 Å². The Kier molecular flexibility index (Phi) is 4.82. The minimum Gasteiger partial charge on any atom is -0.274 e. The molecule has 0 saturated carbocycles. The predicted octanol–water partition coefficient (Wildman–Crippen LogP) is -0.416. The van der Waals surface area contributed by atoms with E-state index in [2.05, 4.69) is 14.6 Å². The molecule has 10 heavy (non-hydrogen) atoms. The van der Waals surface area contributed by atoms with Crippen LogP contribution in [0.5, 0.6) is 0 Å². The number of carbonyl (C=O) groups is 1. The summed E-state index contributed by atoms with van der Waals surface area (Å²) in [5.41, 5.74) is 0. The lowest BCUT2D eigenvalue weighted by molar-refractivity contribution is -0.274. The highest BCUT2D eigenvalue weighted by Crippen LogP contribution is 1.84. The highest BCUT2D eigenvalue weighted by molar-refractivity contribution is 5.75. The predicted molar refractivity (Wildman–Crippen MR) is 32.7 cm³/mol. The minimum atomic E-state index is -0.302. The van der Waals surface area contributed by atoms with Crippen molar-refractivity contribution in [1.29, 1.82) is 0 Å². The molecule has 0 bridgehead atoms. The van der Waals surface area contributed by atoms with Crippen molar-refractivity contribution in [3.05, 3.63) is 0 Å². The second-order valence-electron chi connectivity index (χ2n) is 1.50. The molecule has 0 aliphatic rings. The van der Waals surface area contributed by atoms with E-state index in [1.807, 2.05) is 0 Å². The zero-order valence-electron chi connectivity index (χ0n) is 6.29. The summed E-state index contributed by atoms with van der Waals surface area (Å²) in [6, 6.07) is 0. The molecule has 0 unspecified atom stereocenters. The first-order valence-corrected chi connectivity index (χ1v) is 2.68. The fourth-order valence-corrected chi connectivity index (χ4v) is 0.302. The number of hydrogen-bond donors (Lipinski definition) is 0. The molecule has 0 aromatic heterocycles. The number of hydrogen-bond acceptors (Lipinski definition) is 4. The van der Waals surface area contributed by atoms with Crippen molar-refractivity contribution in [2.45, 2.75) is 0 Å². The summed E-state index contributed by atoms with van der Waals surface area (Å²) in [6.07, 6.45) is 0. The number of rotatable bonds is 4. The first kappa shape index (κ1) is 9.35. The topological polar surface area (TPSA) is 48.0 Å². The Morgan fingerprint density at radius 3 is 2.50 bits per heavy atom. The molecule has 0 rings (SSSR count). The third-order valence-corrected chi connectivity index (χ3v) is 0.925. The summed E-state index contributed by atoms with van der Waals surface area (Å²) in [6.45, 7) is -0.138. The number of carbonyl (C=O) groups excluding carboxylic acids is 1. The lowest BCUT2D eigenvalue weighted by Gasteiger charge is -2.11. The third-order valence-electron chi connectivity index (χ3n) is 0.925. The van der Waals surface area contributed by atoms with Crippen LogP contribution in [0.25, 0.3) is 0 Å². The van der Waals surface area contributed by atoms with Gasteiger partial charge < -0.3 is 0 Å². The van der Waals surface area contributed by atoms with Gasteiger partial charge in [-0.25, -0.2) is 14.8 Å². The molecular formula is C5H11NO4. The van der Waals surface area contributed by atoms with E-state index in [4.69, 9.17) is 0 Å². The number of hydroxylamine groups is 2. The zero-order valence-corrected chi connectivity index (χ0v) is 6.29. The van der Waals surface area contributed by atoms with Gasteiger partial charge in [0.1, 0.15) is 0 Å². The molecule has 0 fully saturated rings. The Balaban J connectivity index is 3.42. The van der Waals surface area contributed by atoms with Gasteiger partial charge in [-0.05, 0) is 0 Å². The van der Waals surface area contributed by atoms with E-state index in [0.29, 0.717) is 0 Å². The third kappa shape index (κ3) is 3.39. The second-order valence-corrected chi connectivity index (χ2v) is 1.50. The fourth-order valence-electron chi connectivity index (χ4n) is 0.302. The fraction of sp³-hybridized carbons (Fsp3) is 0.800. The van der Waals surface area contributed by atoms with Gasteiger partial charge in [0, 0.05) is 7.05 Å². The molecule has 0 aromatic carbocycles. The van der Waals surface area contributed by atoms with Crippen molar-refractivity contribution < 1.29 is 19.4 Å². The lowest BCUT2D eigenvalue weighted by Crippen LogP contribution is -2.29. The number of nitrogens with zero attached hydrogens (tertiary/aromatic N) is 1. The minimum absolute atomic E-state index is 0.138. The van der Waals surface area contributed by atoms with Crippen LogP contribution in [-0.4, -0.2) is 38.8 Å². The molecule has 0 aliphatic carbocycles. The molecule has 60 valence electrons. The van der Waals surface area contributed by atoms with E-state index in [1.54, 1.807) is 0 Å². The van der Waals surface area contributed by atoms with Crippen LogP contribution in [0.3, 0.4) is 0 Å². The quantitative estimate of drug-likeness (QED) is 0.402. The molecule has 0 spiro atoms. The summed E-state index contributed by atoms with van der Waals surface area (Å²) in [5.74, 6) is -0.302. The van der Waals surface area contributed by atoms with Crippen LogP contribution in [0.4, 0.5) is 0 Å². The smallest absolute Gasteiger partial charge is 0.274 e. The molecule has 1 amide bonds. The van der Waals surface area contributed by atoms with E-state index in [9.17, 15) is 4.79 Å². The van der Waals surface area contributed by atoms with Crippen molar-refractivity contribution in [2.24, 2.45) is 0 Å². The average Bonchev–Trinajstić information content (AvgIpc) is 1.98. The van der Waals surface area contributed by atoms with E-state index >= 15 is 0 Å². The second kappa shape index (κ2) is 5.16. The average molecular weight is 149 g/mol. The Morgan fingerprint density at radius 2 is 2.10 bits per heavy atom. The summed E-state index contributed by atoms with van der Waals surface area (Å²) < 4.78 is 0. The van der Waals surface area contributed by atoms with Crippen molar-refractivity contribution in [3.8, 4) is 0 Å². The highest BCUT2D eigenvalue weighted by atomic mass is 17.2. The van der Waals surface area contributed by atoms with Crippen LogP contribution in [0.2, 0.25) is 0 Å². The van der Waals surface area contributed by atoms with Gasteiger partial charge in [0.05, 0.1) is 14.2 Å². The van der Waals surface area contributed by atoms with Crippen molar-refractivity contribution >= 4 is 5.91 Å². The standard InChI is InChI=1S/C5H11NO4/c1-6(8-2)5(7)4-10-9-3/h4H2,1-3H3. The summed E-state index contributed by atoms with van der Waals surface area (Å²) in [7, 11) is 4.21. The Bertz CT molecular complexity index is 106. The maximum absolute atomic E-state index is 10.7. The van der Waals surface area contributed by atoms with Gasteiger partial charge in [0.2, 0.25) is 0 Å². The Morgan fingerprint density at radius 1 is 1.50 bits per heavy atom. The summed E-state index contributed by atoms with van der Waals surface area (Å²) >= 11 is 0. The van der Waals surface area contributed by atoms with Crippen LogP contribution in [0.15, 0.2) is 0 Å². The molecule has 0 atom stereocenters. The lowest BCUT2D eigenvalue weighted by atomic mass is 10.6. The maximum atomic E-state index is 10.7. The van der Waals surface area contributed by atoms with Crippen LogP contribution in [0, 0.1) is 0 Å². The van der Waals surface area contributed by atoms with Crippen molar-refractivity contribution in [2.75, 3.05) is 27.9 Å². The molecule has 0 heterocycles. The van der Waals surface area contributed by atoms with E-state index in [-0.39, 0.29) is 12.5 Å². The summed E-state index contributed by atoms with van der Waals surface area (Å²) in [5, 5.41) is 1.05. The van der Waals surface area contributed by atoms with Gasteiger partial charge >= 0.3 is 0 Å². The molecule has 0 N–H and O–H groups in total. The Hall–Kier alpha value is -0.650. The van der Waals surface area contributed by atoms with E-state index in [1.165, 1.54) is 21.3 Å². The molecule has 5 nitrogen and oxygen atoms in total. The van der Waals surface area contributed by atoms with Crippen molar-refractivity contribution in [3.63, 3.8) is 0 Å². The number of amides is 1. The first-order chi connectivity index (χ1) is 4.72.